The maximum absolute atomic E-state index is 12.6. The van der Waals surface area contributed by atoms with E-state index in [1.165, 1.54) is 0 Å². The standard InChI is InChI=1S/C20H25NO5/c1-3-16-7-5-8-17(13-16)26-15-19(22)21(11-10-20(23)24-4-2)14-18-9-6-12-25-18/h5-9,12-13H,3-4,10-11,14-15H2,1-2H3. The molecule has 1 heterocycles. The van der Waals surface area contributed by atoms with Crippen LogP contribution in [0, 0.1) is 0 Å². The Balaban J connectivity index is 1.95. The lowest BCUT2D eigenvalue weighted by atomic mass is 10.2. The molecule has 0 saturated heterocycles. The number of ether oxygens (including phenoxy) is 2. The van der Waals surface area contributed by atoms with E-state index >= 15 is 0 Å². The number of benzene rings is 1. The summed E-state index contributed by atoms with van der Waals surface area (Å²) in [5, 5.41) is 0. The molecule has 1 aromatic heterocycles. The fourth-order valence-corrected chi connectivity index (χ4v) is 2.43. The Labute approximate surface area is 153 Å². The number of nitrogens with zero attached hydrogens (tertiary/aromatic N) is 1. The minimum Gasteiger partial charge on any atom is -0.484 e. The summed E-state index contributed by atoms with van der Waals surface area (Å²) in [5.41, 5.74) is 1.14. The number of esters is 1. The molecule has 1 aromatic carbocycles. The highest BCUT2D eigenvalue weighted by Crippen LogP contribution is 2.14. The predicted octanol–water partition coefficient (Wildman–Crippen LogP) is 3.20. The van der Waals surface area contributed by atoms with Crippen molar-refractivity contribution in [2.45, 2.75) is 33.2 Å². The molecular formula is C20H25NO5. The molecule has 0 atom stereocenters. The lowest BCUT2D eigenvalue weighted by molar-refractivity contribution is -0.144. The van der Waals surface area contributed by atoms with Gasteiger partial charge in [-0.2, -0.15) is 0 Å². The van der Waals surface area contributed by atoms with Crippen molar-refractivity contribution in [2.24, 2.45) is 0 Å². The van der Waals surface area contributed by atoms with Gasteiger partial charge in [-0.05, 0) is 43.2 Å². The van der Waals surface area contributed by atoms with Crippen LogP contribution < -0.4 is 4.74 Å². The maximum atomic E-state index is 12.6. The van der Waals surface area contributed by atoms with E-state index in [1.807, 2.05) is 24.3 Å². The van der Waals surface area contributed by atoms with E-state index in [9.17, 15) is 9.59 Å². The molecule has 0 radical (unpaired) electrons. The molecule has 0 fully saturated rings. The molecule has 26 heavy (non-hydrogen) atoms. The van der Waals surface area contributed by atoms with Crippen molar-refractivity contribution in [3.05, 3.63) is 54.0 Å². The van der Waals surface area contributed by atoms with Crippen molar-refractivity contribution in [2.75, 3.05) is 19.8 Å². The summed E-state index contributed by atoms with van der Waals surface area (Å²) in [6.07, 6.45) is 2.58. The molecule has 0 spiro atoms. The summed E-state index contributed by atoms with van der Waals surface area (Å²) in [6, 6.07) is 11.2. The number of hydrogen-bond acceptors (Lipinski definition) is 5. The van der Waals surface area contributed by atoms with Gasteiger partial charge in [0.2, 0.25) is 0 Å². The van der Waals surface area contributed by atoms with E-state index in [-0.39, 0.29) is 38.0 Å². The molecule has 6 heteroatoms. The Morgan fingerprint density at radius 1 is 1.15 bits per heavy atom. The van der Waals surface area contributed by atoms with Crippen molar-refractivity contribution >= 4 is 11.9 Å². The Morgan fingerprint density at radius 2 is 2.00 bits per heavy atom. The van der Waals surface area contributed by atoms with Crippen LogP contribution in [0.2, 0.25) is 0 Å². The highest BCUT2D eigenvalue weighted by molar-refractivity contribution is 5.78. The Morgan fingerprint density at radius 3 is 2.69 bits per heavy atom. The van der Waals surface area contributed by atoms with Crippen molar-refractivity contribution in [1.29, 1.82) is 0 Å². The molecule has 1 amide bonds. The second-order valence-electron chi connectivity index (χ2n) is 5.74. The average Bonchev–Trinajstić information content (AvgIpc) is 3.16. The van der Waals surface area contributed by atoms with Crippen molar-refractivity contribution in [3.63, 3.8) is 0 Å². The molecule has 0 saturated carbocycles. The van der Waals surface area contributed by atoms with E-state index in [4.69, 9.17) is 13.9 Å². The SMILES string of the molecule is CCOC(=O)CCN(Cc1ccco1)C(=O)COc1cccc(CC)c1. The summed E-state index contributed by atoms with van der Waals surface area (Å²) in [7, 11) is 0. The van der Waals surface area contributed by atoms with Crippen LogP contribution in [0.5, 0.6) is 5.75 Å². The maximum Gasteiger partial charge on any atom is 0.307 e. The number of hydrogen-bond donors (Lipinski definition) is 0. The molecule has 0 aliphatic rings. The van der Waals surface area contributed by atoms with Gasteiger partial charge >= 0.3 is 5.97 Å². The minimum atomic E-state index is -0.332. The van der Waals surface area contributed by atoms with Crippen LogP contribution >= 0.6 is 0 Å². The lowest BCUT2D eigenvalue weighted by Crippen LogP contribution is -2.36. The minimum absolute atomic E-state index is 0.100. The van der Waals surface area contributed by atoms with Gasteiger partial charge in [0, 0.05) is 6.54 Å². The topological polar surface area (TPSA) is 69.0 Å². The smallest absolute Gasteiger partial charge is 0.307 e. The summed E-state index contributed by atoms with van der Waals surface area (Å²) >= 11 is 0. The molecule has 140 valence electrons. The molecule has 0 bridgehead atoms. The third kappa shape index (κ3) is 6.27. The largest absolute Gasteiger partial charge is 0.484 e. The summed E-state index contributed by atoms with van der Waals surface area (Å²) < 4.78 is 15.9. The van der Waals surface area contributed by atoms with Crippen LogP contribution in [-0.4, -0.2) is 36.5 Å². The molecule has 2 aromatic rings. The number of aryl methyl sites for hydroxylation is 1. The number of rotatable bonds is 10. The van der Waals surface area contributed by atoms with Gasteiger partial charge in [-0.1, -0.05) is 19.1 Å². The summed E-state index contributed by atoms with van der Waals surface area (Å²) in [5.74, 6) is 0.755. The molecule has 2 rings (SSSR count). The van der Waals surface area contributed by atoms with Gasteiger partial charge in [0.15, 0.2) is 6.61 Å². The summed E-state index contributed by atoms with van der Waals surface area (Å²) in [6.45, 7) is 4.56. The third-order valence-electron chi connectivity index (χ3n) is 3.84. The van der Waals surface area contributed by atoms with Crippen molar-refractivity contribution < 1.29 is 23.5 Å². The Kier molecular flexibility index (Phi) is 7.74. The van der Waals surface area contributed by atoms with E-state index in [2.05, 4.69) is 6.92 Å². The zero-order chi connectivity index (χ0) is 18.8. The molecular weight excluding hydrogens is 334 g/mol. The van der Waals surface area contributed by atoms with Crippen LogP contribution in [0.1, 0.15) is 31.6 Å². The molecule has 0 aliphatic carbocycles. The average molecular weight is 359 g/mol. The van der Waals surface area contributed by atoms with Gasteiger partial charge in [0.1, 0.15) is 11.5 Å². The van der Waals surface area contributed by atoms with Crippen molar-refractivity contribution in [3.8, 4) is 5.75 Å². The molecule has 0 unspecified atom stereocenters. The number of furan rings is 1. The van der Waals surface area contributed by atoms with Crippen LogP contribution in [0.3, 0.4) is 0 Å². The first-order valence-corrected chi connectivity index (χ1v) is 8.79. The van der Waals surface area contributed by atoms with E-state index in [0.717, 1.165) is 12.0 Å². The number of carbonyl (C=O) groups is 2. The van der Waals surface area contributed by atoms with Gasteiger partial charge < -0.3 is 18.8 Å². The predicted molar refractivity (Wildman–Crippen MR) is 96.7 cm³/mol. The van der Waals surface area contributed by atoms with Gasteiger partial charge in [0.25, 0.3) is 5.91 Å². The fourth-order valence-electron chi connectivity index (χ4n) is 2.43. The van der Waals surface area contributed by atoms with Crippen LogP contribution in [0.4, 0.5) is 0 Å². The fraction of sp³-hybridized carbons (Fsp3) is 0.400. The van der Waals surface area contributed by atoms with Gasteiger partial charge in [-0.25, -0.2) is 0 Å². The molecule has 0 aliphatic heterocycles. The van der Waals surface area contributed by atoms with Crippen LogP contribution in [0.25, 0.3) is 0 Å². The second-order valence-corrected chi connectivity index (χ2v) is 5.74. The highest BCUT2D eigenvalue weighted by Gasteiger charge is 2.18. The normalized spacial score (nSPS) is 10.4. The Bertz CT molecular complexity index is 696. The van der Waals surface area contributed by atoms with Crippen LogP contribution in [-0.2, 0) is 27.3 Å². The second kappa shape index (κ2) is 10.3. The third-order valence-corrected chi connectivity index (χ3v) is 3.84. The lowest BCUT2D eigenvalue weighted by Gasteiger charge is -2.21. The first kappa shape index (κ1) is 19.6. The van der Waals surface area contributed by atoms with E-state index < -0.39 is 0 Å². The van der Waals surface area contributed by atoms with Gasteiger partial charge in [-0.3, -0.25) is 9.59 Å². The number of carbonyl (C=O) groups excluding carboxylic acids is 2. The Hall–Kier alpha value is -2.76. The number of amides is 1. The quantitative estimate of drug-likeness (QED) is 0.609. The first-order chi connectivity index (χ1) is 12.6. The van der Waals surface area contributed by atoms with Gasteiger partial charge in [0.05, 0.1) is 25.8 Å². The zero-order valence-electron chi connectivity index (χ0n) is 15.3. The monoisotopic (exact) mass is 359 g/mol. The molecule has 6 nitrogen and oxygen atoms in total. The van der Waals surface area contributed by atoms with E-state index in [0.29, 0.717) is 18.1 Å². The highest BCUT2D eigenvalue weighted by atomic mass is 16.5. The zero-order valence-corrected chi connectivity index (χ0v) is 15.3. The van der Waals surface area contributed by atoms with Gasteiger partial charge in [-0.15, -0.1) is 0 Å². The van der Waals surface area contributed by atoms with Crippen LogP contribution in [0.15, 0.2) is 47.1 Å². The molecule has 0 N–H and O–H groups in total. The van der Waals surface area contributed by atoms with E-state index in [1.54, 1.807) is 30.2 Å². The first-order valence-electron chi connectivity index (χ1n) is 8.79. The van der Waals surface area contributed by atoms with Crippen molar-refractivity contribution in [1.82, 2.24) is 4.90 Å². The summed E-state index contributed by atoms with van der Waals surface area (Å²) in [4.78, 5) is 25.7.